The molecule has 1 saturated heterocycles. The molecule has 7 heteroatoms. The maximum Gasteiger partial charge on any atom is 0.253 e. The maximum atomic E-state index is 13.6. The Morgan fingerprint density at radius 2 is 1.74 bits per heavy atom. The molecule has 2 aromatic carbocycles. The summed E-state index contributed by atoms with van der Waals surface area (Å²) in [6.07, 6.45) is 2.73. The van der Waals surface area contributed by atoms with Gasteiger partial charge in [-0.05, 0) is 61.9 Å². The molecular formula is C27H27N3O3S. The molecule has 174 valence electrons. The van der Waals surface area contributed by atoms with E-state index in [1.807, 2.05) is 54.8 Å². The van der Waals surface area contributed by atoms with E-state index in [9.17, 15) is 14.4 Å². The minimum Gasteiger partial charge on any atom is -0.349 e. The average molecular weight is 474 g/mol. The van der Waals surface area contributed by atoms with E-state index in [2.05, 4.69) is 10.6 Å². The van der Waals surface area contributed by atoms with Crippen LogP contribution >= 0.6 is 11.3 Å². The first-order chi connectivity index (χ1) is 16.5. The number of benzene rings is 2. The lowest BCUT2D eigenvalue weighted by molar-refractivity contribution is -0.125. The predicted octanol–water partition coefficient (Wildman–Crippen LogP) is 5.07. The summed E-state index contributed by atoms with van der Waals surface area (Å²) >= 11 is 1.54. The van der Waals surface area contributed by atoms with Crippen molar-refractivity contribution in [2.24, 2.45) is 5.92 Å². The number of thiophene rings is 1. The van der Waals surface area contributed by atoms with Gasteiger partial charge in [0.25, 0.3) is 5.91 Å². The van der Waals surface area contributed by atoms with Crippen molar-refractivity contribution >= 4 is 40.4 Å². The van der Waals surface area contributed by atoms with Crippen LogP contribution in [0.4, 0.5) is 11.4 Å². The summed E-state index contributed by atoms with van der Waals surface area (Å²) in [5.74, 6) is -0.796. The van der Waals surface area contributed by atoms with Gasteiger partial charge in [0.1, 0.15) is 0 Å². The number of piperidine rings is 1. The van der Waals surface area contributed by atoms with Crippen LogP contribution in [-0.2, 0) is 9.59 Å². The molecule has 3 amide bonds. The van der Waals surface area contributed by atoms with Gasteiger partial charge in [0.05, 0.1) is 23.2 Å². The molecule has 2 atom stereocenters. The fourth-order valence-electron chi connectivity index (χ4n) is 4.47. The highest BCUT2D eigenvalue weighted by Crippen LogP contribution is 2.42. The van der Waals surface area contributed by atoms with Crippen molar-refractivity contribution in [2.45, 2.75) is 44.7 Å². The normalized spacial score (nSPS) is 20.1. The third kappa shape index (κ3) is 4.61. The molecule has 1 aromatic heterocycles. The van der Waals surface area contributed by atoms with Gasteiger partial charge >= 0.3 is 0 Å². The second kappa shape index (κ2) is 9.43. The Morgan fingerprint density at radius 3 is 2.44 bits per heavy atom. The largest absolute Gasteiger partial charge is 0.349 e. The average Bonchev–Trinajstić information content (AvgIpc) is 3.48. The van der Waals surface area contributed by atoms with Gasteiger partial charge in [-0.1, -0.05) is 35.9 Å². The number of hydrogen-bond donors (Lipinski definition) is 2. The first kappa shape index (κ1) is 22.3. The van der Waals surface area contributed by atoms with Crippen molar-refractivity contribution in [3.63, 3.8) is 0 Å². The number of hydrogen-bond acceptors (Lipinski definition) is 4. The molecule has 6 nitrogen and oxygen atoms in total. The van der Waals surface area contributed by atoms with Gasteiger partial charge in [0, 0.05) is 23.0 Å². The summed E-state index contributed by atoms with van der Waals surface area (Å²) < 4.78 is 0. The summed E-state index contributed by atoms with van der Waals surface area (Å²) in [4.78, 5) is 42.2. The monoisotopic (exact) mass is 473 g/mol. The van der Waals surface area contributed by atoms with Crippen molar-refractivity contribution in [2.75, 3.05) is 10.2 Å². The number of amides is 3. The molecule has 5 rings (SSSR count). The number of carbonyl (C=O) groups excluding carboxylic acids is 3. The molecule has 3 aromatic rings. The fourth-order valence-corrected chi connectivity index (χ4v) is 5.35. The molecule has 0 unspecified atom stereocenters. The third-order valence-corrected chi connectivity index (χ3v) is 7.37. The lowest BCUT2D eigenvalue weighted by Gasteiger charge is -2.40. The van der Waals surface area contributed by atoms with Crippen LogP contribution in [0.25, 0.3) is 0 Å². The highest BCUT2D eigenvalue weighted by molar-refractivity contribution is 7.10. The minimum atomic E-state index is -0.447. The Hall–Kier alpha value is -3.45. The molecule has 2 aliphatic rings. The maximum absolute atomic E-state index is 13.6. The van der Waals surface area contributed by atoms with Crippen LogP contribution in [0.15, 0.2) is 66.0 Å². The predicted molar refractivity (Wildman–Crippen MR) is 134 cm³/mol. The van der Waals surface area contributed by atoms with E-state index >= 15 is 0 Å². The summed E-state index contributed by atoms with van der Waals surface area (Å²) in [6, 6.07) is 18.7. The second-order valence-electron chi connectivity index (χ2n) is 8.99. The molecule has 0 bridgehead atoms. The lowest BCUT2D eigenvalue weighted by atomic mass is 9.86. The molecule has 1 saturated carbocycles. The SMILES string of the molecule is Cc1ccc(N2C(=O)CC[C@@H](C(=O)Nc3ccccc3C(=O)NC3CC3)[C@@H]2c2cccs2)cc1. The number of nitrogens with one attached hydrogen (secondary N) is 2. The second-order valence-corrected chi connectivity index (χ2v) is 9.97. The molecule has 0 radical (unpaired) electrons. The molecule has 1 aliphatic carbocycles. The third-order valence-electron chi connectivity index (χ3n) is 6.42. The zero-order chi connectivity index (χ0) is 23.7. The van der Waals surface area contributed by atoms with Crippen LogP contribution in [0.3, 0.4) is 0 Å². The van der Waals surface area contributed by atoms with Crippen molar-refractivity contribution in [3.8, 4) is 0 Å². The van der Waals surface area contributed by atoms with Gasteiger partial charge in [-0.3, -0.25) is 14.4 Å². The van der Waals surface area contributed by atoms with E-state index in [0.29, 0.717) is 17.7 Å². The van der Waals surface area contributed by atoms with Crippen LogP contribution in [0, 0.1) is 12.8 Å². The zero-order valence-corrected chi connectivity index (χ0v) is 19.8. The van der Waals surface area contributed by atoms with E-state index < -0.39 is 12.0 Å². The van der Waals surface area contributed by atoms with Crippen molar-refractivity contribution in [1.29, 1.82) is 0 Å². The van der Waals surface area contributed by atoms with Gasteiger partial charge in [-0.15, -0.1) is 11.3 Å². The standard InChI is InChI=1S/C27H27N3O3S/c1-17-8-12-19(13-9-17)30-24(31)15-14-21(25(30)23-7-4-16-34-23)27(33)29-22-6-3-2-5-20(22)26(32)28-18-10-11-18/h2-9,12-13,16,18,21,25H,10-11,14-15H2,1H3,(H,28,32)(H,29,33)/t21-,25-/m1/s1. The molecule has 0 spiro atoms. The zero-order valence-electron chi connectivity index (χ0n) is 19.0. The van der Waals surface area contributed by atoms with E-state index in [4.69, 9.17) is 0 Å². The number of para-hydroxylation sites is 1. The van der Waals surface area contributed by atoms with E-state index in [-0.39, 0.29) is 30.2 Å². The topological polar surface area (TPSA) is 78.5 Å². The van der Waals surface area contributed by atoms with Crippen LogP contribution in [0.5, 0.6) is 0 Å². The summed E-state index contributed by atoms with van der Waals surface area (Å²) in [5, 5.41) is 7.97. The van der Waals surface area contributed by atoms with Gasteiger partial charge < -0.3 is 15.5 Å². The van der Waals surface area contributed by atoms with Gasteiger partial charge in [-0.25, -0.2) is 0 Å². The highest BCUT2D eigenvalue weighted by Gasteiger charge is 2.42. The Labute approximate surface area is 203 Å². The summed E-state index contributed by atoms with van der Waals surface area (Å²) in [5.41, 5.74) is 2.85. The van der Waals surface area contributed by atoms with Crippen molar-refractivity contribution in [3.05, 3.63) is 82.0 Å². The number of rotatable bonds is 6. The molecule has 2 N–H and O–H groups in total. The van der Waals surface area contributed by atoms with E-state index in [0.717, 1.165) is 29.0 Å². The van der Waals surface area contributed by atoms with Crippen LogP contribution in [-0.4, -0.2) is 23.8 Å². The molecule has 2 heterocycles. The van der Waals surface area contributed by atoms with Crippen LogP contribution < -0.4 is 15.5 Å². The fraction of sp³-hybridized carbons (Fsp3) is 0.296. The van der Waals surface area contributed by atoms with E-state index in [1.54, 1.807) is 34.4 Å². The molecular weight excluding hydrogens is 446 g/mol. The van der Waals surface area contributed by atoms with Crippen molar-refractivity contribution in [1.82, 2.24) is 5.32 Å². The number of carbonyl (C=O) groups is 3. The van der Waals surface area contributed by atoms with Crippen LogP contribution in [0.1, 0.15) is 52.5 Å². The van der Waals surface area contributed by atoms with Crippen LogP contribution in [0.2, 0.25) is 0 Å². The number of anilines is 2. The Morgan fingerprint density at radius 1 is 0.971 bits per heavy atom. The quantitative estimate of drug-likeness (QED) is 0.525. The smallest absolute Gasteiger partial charge is 0.253 e. The van der Waals surface area contributed by atoms with Gasteiger partial charge in [0.2, 0.25) is 11.8 Å². The molecule has 34 heavy (non-hydrogen) atoms. The Bertz CT molecular complexity index is 1200. The van der Waals surface area contributed by atoms with Crippen molar-refractivity contribution < 1.29 is 14.4 Å². The first-order valence-electron chi connectivity index (χ1n) is 11.6. The number of nitrogens with zero attached hydrogens (tertiary/aromatic N) is 1. The lowest BCUT2D eigenvalue weighted by Crippen LogP contribution is -2.46. The Kier molecular flexibility index (Phi) is 6.20. The first-order valence-corrected chi connectivity index (χ1v) is 12.5. The van der Waals surface area contributed by atoms with E-state index in [1.165, 1.54) is 0 Å². The summed E-state index contributed by atoms with van der Waals surface area (Å²) in [6.45, 7) is 2.01. The minimum absolute atomic E-state index is 0.00974. The van der Waals surface area contributed by atoms with Gasteiger partial charge in [-0.2, -0.15) is 0 Å². The highest BCUT2D eigenvalue weighted by atomic mass is 32.1. The summed E-state index contributed by atoms with van der Waals surface area (Å²) in [7, 11) is 0. The Balaban J connectivity index is 1.45. The molecule has 1 aliphatic heterocycles. The molecule has 2 fully saturated rings. The van der Waals surface area contributed by atoms with Gasteiger partial charge in [0.15, 0.2) is 0 Å². The number of aryl methyl sites for hydroxylation is 1.